The monoisotopic (exact) mass is 368 g/mol. The lowest BCUT2D eigenvalue weighted by Crippen LogP contribution is -2.35. The fourth-order valence-electron chi connectivity index (χ4n) is 2.52. The summed E-state index contributed by atoms with van der Waals surface area (Å²) in [6.45, 7) is 1.90. The summed E-state index contributed by atoms with van der Waals surface area (Å²) in [5.74, 6) is -0.987. The number of carbonyl (C=O) groups is 2. The van der Waals surface area contributed by atoms with E-state index in [1.165, 1.54) is 13.0 Å². The number of carbonyl (C=O) groups excluding carboxylic acids is 2. The number of nitrogens with one attached hydrogen (secondary N) is 1. The molecule has 132 valence electrons. The molecular weight excluding hydrogens is 352 g/mol. The summed E-state index contributed by atoms with van der Waals surface area (Å²) in [5, 5.41) is 3.56. The van der Waals surface area contributed by atoms with E-state index in [0.717, 1.165) is 5.56 Å². The van der Waals surface area contributed by atoms with E-state index in [0.29, 0.717) is 17.4 Å². The average molecular weight is 369 g/mol. The SMILES string of the molecule is C[C@@H](OC(=O)c1cc(Cl)nc2ccccc12)C(=O)NCc1ccccc1. The molecule has 0 saturated heterocycles. The normalized spacial score (nSPS) is 11.8. The number of hydrogen-bond donors (Lipinski definition) is 1. The van der Waals surface area contributed by atoms with E-state index in [1.54, 1.807) is 24.3 Å². The number of rotatable bonds is 5. The van der Waals surface area contributed by atoms with Gasteiger partial charge in [-0.3, -0.25) is 4.79 Å². The number of fused-ring (bicyclic) bond motifs is 1. The molecular formula is C20H17ClN2O3. The quantitative estimate of drug-likeness (QED) is 0.550. The van der Waals surface area contributed by atoms with Crippen LogP contribution in [0.2, 0.25) is 5.15 Å². The van der Waals surface area contributed by atoms with Crippen LogP contribution in [0.5, 0.6) is 0 Å². The number of amides is 1. The molecule has 1 N–H and O–H groups in total. The minimum Gasteiger partial charge on any atom is -0.449 e. The highest BCUT2D eigenvalue weighted by Gasteiger charge is 2.21. The fourth-order valence-corrected chi connectivity index (χ4v) is 2.72. The first-order valence-corrected chi connectivity index (χ1v) is 8.50. The Bertz CT molecular complexity index is 944. The van der Waals surface area contributed by atoms with Crippen molar-refractivity contribution in [1.82, 2.24) is 10.3 Å². The molecule has 0 aliphatic rings. The van der Waals surface area contributed by atoms with Gasteiger partial charge in [0.15, 0.2) is 6.10 Å². The van der Waals surface area contributed by atoms with Crippen LogP contribution in [0.1, 0.15) is 22.8 Å². The third-order valence-electron chi connectivity index (χ3n) is 3.87. The Morgan fingerprint density at radius 3 is 2.58 bits per heavy atom. The standard InChI is InChI=1S/C20H17ClN2O3/c1-13(19(24)22-12-14-7-3-2-4-8-14)26-20(25)16-11-18(21)23-17-10-6-5-9-15(16)17/h2-11,13H,12H2,1H3,(H,22,24)/t13-/m1/s1. The Labute approximate surface area is 156 Å². The highest BCUT2D eigenvalue weighted by atomic mass is 35.5. The molecule has 6 heteroatoms. The van der Waals surface area contributed by atoms with Crippen LogP contribution in [0.4, 0.5) is 0 Å². The van der Waals surface area contributed by atoms with Crippen LogP contribution < -0.4 is 5.32 Å². The van der Waals surface area contributed by atoms with Gasteiger partial charge in [0, 0.05) is 11.9 Å². The van der Waals surface area contributed by atoms with Crippen LogP contribution >= 0.6 is 11.6 Å². The molecule has 2 aromatic carbocycles. The van der Waals surface area contributed by atoms with Gasteiger partial charge in [0.25, 0.3) is 5.91 Å². The van der Waals surface area contributed by atoms with Crippen LogP contribution in [0, 0.1) is 0 Å². The molecule has 0 bridgehead atoms. The number of esters is 1. The van der Waals surface area contributed by atoms with Gasteiger partial charge in [-0.2, -0.15) is 0 Å². The van der Waals surface area contributed by atoms with Crippen molar-refractivity contribution in [3.05, 3.63) is 76.9 Å². The van der Waals surface area contributed by atoms with Crippen molar-refractivity contribution in [1.29, 1.82) is 0 Å². The maximum Gasteiger partial charge on any atom is 0.339 e. The predicted octanol–water partition coefficient (Wildman–Crippen LogP) is 3.75. The van der Waals surface area contributed by atoms with Crippen molar-refractivity contribution in [3.8, 4) is 0 Å². The van der Waals surface area contributed by atoms with Crippen LogP contribution in [-0.4, -0.2) is 23.0 Å². The van der Waals surface area contributed by atoms with E-state index < -0.39 is 12.1 Å². The van der Waals surface area contributed by atoms with Gasteiger partial charge >= 0.3 is 5.97 Å². The molecule has 26 heavy (non-hydrogen) atoms. The van der Waals surface area contributed by atoms with Crippen LogP contribution in [0.3, 0.4) is 0 Å². The van der Waals surface area contributed by atoms with Gasteiger partial charge in [0.05, 0.1) is 11.1 Å². The van der Waals surface area contributed by atoms with Crippen molar-refractivity contribution >= 4 is 34.4 Å². The second kappa shape index (κ2) is 7.97. The number of aromatic nitrogens is 1. The summed E-state index contributed by atoms with van der Waals surface area (Å²) in [4.78, 5) is 28.9. The number of ether oxygens (including phenoxy) is 1. The largest absolute Gasteiger partial charge is 0.449 e. The molecule has 5 nitrogen and oxygen atoms in total. The lowest BCUT2D eigenvalue weighted by molar-refractivity contribution is -0.129. The zero-order valence-corrected chi connectivity index (χ0v) is 14.9. The van der Waals surface area contributed by atoms with Crippen molar-refractivity contribution in [2.45, 2.75) is 19.6 Å². The number of pyridine rings is 1. The van der Waals surface area contributed by atoms with E-state index in [-0.39, 0.29) is 16.6 Å². The minimum atomic E-state index is -0.933. The highest BCUT2D eigenvalue weighted by Crippen LogP contribution is 2.22. The molecule has 1 atom stereocenters. The Morgan fingerprint density at radius 1 is 1.12 bits per heavy atom. The Morgan fingerprint density at radius 2 is 1.81 bits per heavy atom. The molecule has 0 aliphatic carbocycles. The van der Waals surface area contributed by atoms with Crippen molar-refractivity contribution in [2.24, 2.45) is 0 Å². The van der Waals surface area contributed by atoms with Gasteiger partial charge in [0.1, 0.15) is 5.15 Å². The van der Waals surface area contributed by atoms with E-state index >= 15 is 0 Å². The summed E-state index contributed by atoms with van der Waals surface area (Å²) in [6, 6.07) is 18.1. The molecule has 0 fully saturated rings. The van der Waals surface area contributed by atoms with Crippen LogP contribution in [-0.2, 0) is 16.1 Å². The van der Waals surface area contributed by atoms with Gasteiger partial charge in [0.2, 0.25) is 0 Å². The first-order chi connectivity index (χ1) is 12.5. The molecule has 0 saturated carbocycles. The smallest absolute Gasteiger partial charge is 0.339 e. The van der Waals surface area contributed by atoms with Crippen molar-refractivity contribution in [3.63, 3.8) is 0 Å². The zero-order chi connectivity index (χ0) is 18.5. The minimum absolute atomic E-state index is 0.192. The molecule has 3 rings (SSSR count). The van der Waals surface area contributed by atoms with E-state index in [4.69, 9.17) is 16.3 Å². The average Bonchev–Trinajstić information content (AvgIpc) is 2.66. The van der Waals surface area contributed by atoms with Crippen molar-refractivity contribution < 1.29 is 14.3 Å². The van der Waals surface area contributed by atoms with Gasteiger partial charge in [-0.05, 0) is 24.6 Å². The second-order valence-electron chi connectivity index (χ2n) is 5.76. The number of halogens is 1. The number of nitrogens with zero attached hydrogens (tertiary/aromatic N) is 1. The topological polar surface area (TPSA) is 68.3 Å². The molecule has 0 aliphatic heterocycles. The third kappa shape index (κ3) is 4.18. The predicted molar refractivity (Wildman–Crippen MR) is 99.9 cm³/mol. The van der Waals surface area contributed by atoms with Gasteiger partial charge < -0.3 is 10.1 Å². The van der Waals surface area contributed by atoms with E-state index in [1.807, 2.05) is 30.3 Å². The molecule has 1 amide bonds. The Balaban J connectivity index is 1.68. The maximum atomic E-state index is 12.5. The van der Waals surface area contributed by atoms with Crippen molar-refractivity contribution in [2.75, 3.05) is 0 Å². The van der Waals surface area contributed by atoms with Crippen LogP contribution in [0.25, 0.3) is 10.9 Å². The molecule has 1 aromatic heterocycles. The summed E-state index contributed by atoms with van der Waals surface area (Å²) >= 11 is 5.99. The molecule has 0 radical (unpaired) electrons. The van der Waals surface area contributed by atoms with E-state index in [9.17, 15) is 9.59 Å². The Kier molecular flexibility index (Phi) is 5.49. The molecule has 3 aromatic rings. The highest BCUT2D eigenvalue weighted by molar-refractivity contribution is 6.30. The Hall–Kier alpha value is -2.92. The second-order valence-corrected chi connectivity index (χ2v) is 6.15. The van der Waals surface area contributed by atoms with Crippen LogP contribution in [0.15, 0.2) is 60.7 Å². The third-order valence-corrected chi connectivity index (χ3v) is 4.06. The number of benzene rings is 2. The molecule has 0 unspecified atom stereocenters. The maximum absolute atomic E-state index is 12.5. The fraction of sp³-hybridized carbons (Fsp3) is 0.150. The molecule has 1 heterocycles. The zero-order valence-electron chi connectivity index (χ0n) is 14.1. The van der Waals surface area contributed by atoms with E-state index in [2.05, 4.69) is 10.3 Å². The summed E-state index contributed by atoms with van der Waals surface area (Å²) in [5.41, 5.74) is 1.84. The number of para-hydroxylation sites is 1. The molecule has 0 spiro atoms. The summed E-state index contributed by atoms with van der Waals surface area (Å²) in [6.07, 6.45) is -0.933. The first kappa shape index (κ1) is 17.9. The lowest BCUT2D eigenvalue weighted by atomic mass is 10.1. The van der Waals surface area contributed by atoms with Gasteiger partial charge in [-0.15, -0.1) is 0 Å². The lowest BCUT2D eigenvalue weighted by Gasteiger charge is -2.14. The van der Waals surface area contributed by atoms with Gasteiger partial charge in [-0.1, -0.05) is 60.1 Å². The summed E-state index contributed by atoms with van der Waals surface area (Å²) < 4.78 is 5.31. The first-order valence-electron chi connectivity index (χ1n) is 8.12. The summed E-state index contributed by atoms with van der Waals surface area (Å²) in [7, 11) is 0. The van der Waals surface area contributed by atoms with Gasteiger partial charge in [-0.25, -0.2) is 9.78 Å². The number of hydrogen-bond acceptors (Lipinski definition) is 4.